The van der Waals surface area contributed by atoms with Crippen molar-refractivity contribution in [3.05, 3.63) is 48.2 Å². The molecule has 1 aromatic carbocycles. The number of piperidine rings is 1. The minimum Gasteiger partial charge on any atom is -0.339 e. The highest BCUT2D eigenvalue weighted by Crippen LogP contribution is 2.22. The van der Waals surface area contributed by atoms with E-state index in [2.05, 4.69) is 18.8 Å². The van der Waals surface area contributed by atoms with E-state index in [1.807, 2.05) is 41.3 Å². The van der Waals surface area contributed by atoms with Crippen molar-refractivity contribution in [1.29, 1.82) is 0 Å². The van der Waals surface area contributed by atoms with Gasteiger partial charge in [0.1, 0.15) is 0 Å². The second-order valence-electron chi connectivity index (χ2n) is 6.44. The van der Waals surface area contributed by atoms with Gasteiger partial charge in [0.25, 0.3) is 0 Å². The number of nitrogens with zero attached hydrogens (tertiary/aromatic N) is 2. The SMILES string of the molecule is CC1CC(C)CN(C(=O)/C=C/c2cccc3cccnc23)C1. The molecule has 0 radical (unpaired) electrons. The summed E-state index contributed by atoms with van der Waals surface area (Å²) < 4.78 is 0. The fraction of sp³-hybridized carbons (Fsp3) is 0.368. The zero-order valence-corrected chi connectivity index (χ0v) is 13.2. The predicted molar refractivity (Wildman–Crippen MR) is 90.3 cm³/mol. The molecule has 0 aliphatic carbocycles. The molecule has 1 aromatic heterocycles. The highest BCUT2D eigenvalue weighted by Gasteiger charge is 2.23. The lowest BCUT2D eigenvalue weighted by Gasteiger charge is -2.34. The number of likely N-dealkylation sites (tertiary alicyclic amines) is 1. The van der Waals surface area contributed by atoms with Crippen LogP contribution in [0.15, 0.2) is 42.6 Å². The van der Waals surface area contributed by atoms with Crippen LogP contribution in [0.1, 0.15) is 25.8 Å². The van der Waals surface area contributed by atoms with Crippen molar-refractivity contribution >= 4 is 22.9 Å². The molecule has 3 heteroatoms. The Balaban J connectivity index is 1.79. The molecule has 1 aliphatic heterocycles. The monoisotopic (exact) mass is 294 g/mol. The number of aromatic nitrogens is 1. The number of hydrogen-bond acceptors (Lipinski definition) is 2. The van der Waals surface area contributed by atoms with Crippen LogP contribution >= 0.6 is 0 Å². The van der Waals surface area contributed by atoms with Crippen LogP contribution in [-0.2, 0) is 4.79 Å². The van der Waals surface area contributed by atoms with Gasteiger partial charge in [-0.05, 0) is 30.4 Å². The zero-order chi connectivity index (χ0) is 15.5. The largest absolute Gasteiger partial charge is 0.339 e. The summed E-state index contributed by atoms with van der Waals surface area (Å²) in [6.07, 6.45) is 6.58. The van der Waals surface area contributed by atoms with E-state index in [0.717, 1.165) is 29.6 Å². The van der Waals surface area contributed by atoms with Crippen molar-refractivity contribution in [3.63, 3.8) is 0 Å². The highest BCUT2D eigenvalue weighted by molar-refractivity contribution is 5.95. The van der Waals surface area contributed by atoms with Crippen LogP contribution in [0, 0.1) is 11.8 Å². The molecule has 114 valence electrons. The summed E-state index contributed by atoms with van der Waals surface area (Å²) >= 11 is 0. The normalized spacial score (nSPS) is 22.4. The molecule has 0 spiro atoms. The Morgan fingerprint density at radius 3 is 2.68 bits per heavy atom. The summed E-state index contributed by atoms with van der Waals surface area (Å²) in [6, 6.07) is 10.0. The Bertz CT molecular complexity index is 692. The lowest BCUT2D eigenvalue weighted by molar-refractivity contribution is -0.128. The molecule has 0 saturated carbocycles. The second-order valence-corrected chi connectivity index (χ2v) is 6.44. The van der Waals surface area contributed by atoms with Crippen molar-refractivity contribution in [2.45, 2.75) is 20.3 Å². The lowest BCUT2D eigenvalue weighted by Crippen LogP contribution is -2.41. The zero-order valence-electron chi connectivity index (χ0n) is 13.2. The van der Waals surface area contributed by atoms with E-state index >= 15 is 0 Å². The number of benzene rings is 1. The topological polar surface area (TPSA) is 33.2 Å². The summed E-state index contributed by atoms with van der Waals surface area (Å²) in [5.41, 5.74) is 1.93. The van der Waals surface area contributed by atoms with Crippen molar-refractivity contribution in [2.24, 2.45) is 11.8 Å². The van der Waals surface area contributed by atoms with Crippen LogP contribution in [0.3, 0.4) is 0 Å². The summed E-state index contributed by atoms with van der Waals surface area (Å²) in [4.78, 5) is 18.8. The van der Waals surface area contributed by atoms with E-state index in [9.17, 15) is 4.79 Å². The first-order valence-electron chi connectivity index (χ1n) is 7.94. The van der Waals surface area contributed by atoms with Crippen LogP contribution in [0.4, 0.5) is 0 Å². The first kappa shape index (κ1) is 14.8. The van der Waals surface area contributed by atoms with Crippen molar-refractivity contribution in [2.75, 3.05) is 13.1 Å². The molecule has 2 atom stereocenters. The van der Waals surface area contributed by atoms with E-state index in [0.29, 0.717) is 11.8 Å². The minimum atomic E-state index is 0.103. The Morgan fingerprint density at radius 2 is 1.91 bits per heavy atom. The molecule has 0 bridgehead atoms. The third-order valence-electron chi connectivity index (χ3n) is 4.25. The van der Waals surface area contributed by atoms with Gasteiger partial charge in [-0.15, -0.1) is 0 Å². The second kappa shape index (κ2) is 6.30. The van der Waals surface area contributed by atoms with Crippen LogP contribution in [0.25, 0.3) is 17.0 Å². The van der Waals surface area contributed by atoms with Gasteiger partial charge in [0, 0.05) is 36.3 Å². The summed E-state index contributed by atoms with van der Waals surface area (Å²) in [5.74, 6) is 1.27. The van der Waals surface area contributed by atoms with Crippen molar-refractivity contribution in [1.82, 2.24) is 9.88 Å². The molecular weight excluding hydrogens is 272 g/mol. The van der Waals surface area contributed by atoms with Crippen LogP contribution < -0.4 is 0 Å². The van der Waals surface area contributed by atoms with Gasteiger partial charge in [-0.25, -0.2) is 0 Å². The molecule has 0 N–H and O–H groups in total. The molecule has 3 rings (SSSR count). The Kier molecular flexibility index (Phi) is 4.23. The van der Waals surface area contributed by atoms with Crippen molar-refractivity contribution < 1.29 is 4.79 Å². The van der Waals surface area contributed by atoms with E-state index in [4.69, 9.17) is 0 Å². The number of carbonyl (C=O) groups excluding carboxylic acids is 1. The van der Waals surface area contributed by atoms with Crippen molar-refractivity contribution in [3.8, 4) is 0 Å². The molecule has 3 nitrogen and oxygen atoms in total. The summed E-state index contributed by atoms with van der Waals surface area (Å²) in [6.45, 7) is 6.16. The maximum absolute atomic E-state index is 12.4. The summed E-state index contributed by atoms with van der Waals surface area (Å²) in [5, 5.41) is 1.09. The fourth-order valence-corrected chi connectivity index (χ4v) is 3.37. The van der Waals surface area contributed by atoms with Gasteiger partial charge in [-0.3, -0.25) is 9.78 Å². The fourth-order valence-electron chi connectivity index (χ4n) is 3.37. The number of amides is 1. The predicted octanol–water partition coefficient (Wildman–Crippen LogP) is 3.75. The molecule has 1 aliphatic rings. The van der Waals surface area contributed by atoms with Crippen LogP contribution in [0.2, 0.25) is 0 Å². The molecule has 1 fully saturated rings. The van der Waals surface area contributed by atoms with E-state index in [-0.39, 0.29) is 5.91 Å². The van der Waals surface area contributed by atoms with Gasteiger partial charge in [0.2, 0.25) is 5.91 Å². The maximum atomic E-state index is 12.4. The van der Waals surface area contributed by atoms with E-state index in [1.165, 1.54) is 6.42 Å². The average Bonchev–Trinajstić information content (AvgIpc) is 2.51. The molecular formula is C19H22N2O. The summed E-state index contributed by atoms with van der Waals surface area (Å²) in [7, 11) is 0. The molecule has 2 heterocycles. The molecule has 22 heavy (non-hydrogen) atoms. The van der Waals surface area contributed by atoms with Gasteiger partial charge in [-0.2, -0.15) is 0 Å². The molecule has 2 unspecified atom stereocenters. The third kappa shape index (κ3) is 3.19. The highest BCUT2D eigenvalue weighted by atomic mass is 16.2. The first-order chi connectivity index (χ1) is 10.6. The average molecular weight is 294 g/mol. The molecule has 1 saturated heterocycles. The quantitative estimate of drug-likeness (QED) is 0.790. The minimum absolute atomic E-state index is 0.103. The maximum Gasteiger partial charge on any atom is 0.246 e. The third-order valence-corrected chi connectivity index (χ3v) is 4.25. The van der Waals surface area contributed by atoms with Gasteiger partial charge in [0.15, 0.2) is 0 Å². The van der Waals surface area contributed by atoms with Gasteiger partial charge in [0.05, 0.1) is 5.52 Å². The standard InChI is InChI=1S/C19H22N2O/c1-14-11-15(2)13-21(12-14)18(22)9-8-17-6-3-5-16-7-4-10-20-19(16)17/h3-10,14-15H,11-13H2,1-2H3/b9-8+. The molecule has 2 aromatic rings. The smallest absolute Gasteiger partial charge is 0.246 e. The first-order valence-corrected chi connectivity index (χ1v) is 7.94. The Labute approximate surface area is 131 Å². The van der Waals surface area contributed by atoms with Crippen LogP contribution in [-0.4, -0.2) is 28.9 Å². The van der Waals surface area contributed by atoms with Crippen LogP contribution in [0.5, 0.6) is 0 Å². The Morgan fingerprint density at radius 1 is 1.18 bits per heavy atom. The number of fused-ring (bicyclic) bond motifs is 1. The Hall–Kier alpha value is -2.16. The number of hydrogen-bond donors (Lipinski definition) is 0. The van der Waals surface area contributed by atoms with E-state index in [1.54, 1.807) is 12.3 Å². The number of rotatable bonds is 2. The number of para-hydroxylation sites is 1. The van der Waals surface area contributed by atoms with Gasteiger partial charge >= 0.3 is 0 Å². The van der Waals surface area contributed by atoms with E-state index < -0.39 is 0 Å². The number of pyridine rings is 1. The van der Waals surface area contributed by atoms with Gasteiger partial charge < -0.3 is 4.90 Å². The molecule has 1 amide bonds. The lowest BCUT2D eigenvalue weighted by atomic mass is 9.92. The number of carbonyl (C=O) groups is 1. The van der Waals surface area contributed by atoms with Gasteiger partial charge in [-0.1, -0.05) is 38.1 Å².